The molecule has 0 aromatic heterocycles. The SMILES string of the molecule is COc1ccc(S(=O)(=O)N(CC(=O)Nc2cccc(Br)c2)c2ccc(C)cc2)cc1OC. The number of ether oxygens (including phenoxy) is 2. The molecule has 168 valence electrons. The van der Waals surface area contributed by atoms with Crippen molar-refractivity contribution >= 4 is 43.2 Å². The first-order chi connectivity index (χ1) is 15.2. The minimum Gasteiger partial charge on any atom is -0.493 e. The number of sulfonamides is 1. The molecule has 0 fully saturated rings. The summed E-state index contributed by atoms with van der Waals surface area (Å²) < 4.78 is 39.5. The van der Waals surface area contributed by atoms with Crippen LogP contribution in [0, 0.1) is 6.92 Å². The Morgan fingerprint density at radius 2 is 1.66 bits per heavy atom. The fourth-order valence-corrected chi connectivity index (χ4v) is 4.86. The molecule has 0 aliphatic heterocycles. The average molecular weight is 519 g/mol. The summed E-state index contributed by atoms with van der Waals surface area (Å²) in [5.74, 6) is 0.199. The van der Waals surface area contributed by atoms with Gasteiger partial charge in [0.15, 0.2) is 11.5 Å². The highest BCUT2D eigenvalue weighted by Crippen LogP contribution is 2.32. The van der Waals surface area contributed by atoms with Crippen LogP contribution in [0.3, 0.4) is 0 Å². The van der Waals surface area contributed by atoms with E-state index in [2.05, 4.69) is 21.2 Å². The number of nitrogens with one attached hydrogen (secondary N) is 1. The van der Waals surface area contributed by atoms with E-state index in [1.54, 1.807) is 42.5 Å². The Morgan fingerprint density at radius 3 is 2.28 bits per heavy atom. The molecule has 3 aromatic rings. The minimum atomic E-state index is -4.09. The normalized spacial score (nSPS) is 11.0. The Kier molecular flexibility index (Phi) is 7.42. The van der Waals surface area contributed by atoms with Crippen LogP contribution in [0.4, 0.5) is 11.4 Å². The van der Waals surface area contributed by atoms with E-state index in [0.717, 1.165) is 14.3 Å². The van der Waals surface area contributed by atoms with Gasteiger partial charge in [-0.3, -0.25) is 9.10 Å². The van der Waals surface area contributed by atoms with Crippen LogP contribution >= 0.6 is 15.9 Å². The molecule has 7 nitrogen and oxygen atoms in total. The van der Waals surface area contributed by atoms with Crippen molar-refractivity contribution in [2.75, 3.05) is 30.4 Å². The van der Waals surface area contributed by atoms with Gasteiger partial charge in [-0.15, -0.1) is 0 Å². The zero-order valence-electron chi connectivity index (χ0n) is 17.8. The molecule has 0 unspecified atom stereocenters. The van der Waals surface area contributed by atoms with Crippen molar-refractivity contribution in [1.82, 2.24) is 0 Å². The van der Waals surface area contributed by atoms with E-state index >= 15 is 0 Å². The van der Waals surface area contributed by atoms with Crippen LogP contribution in [0.5, 0.6) is 11.5 Å². The number of hydrogen-bond acceptors (Lipinski definition) is 5. The Balaban J connectivity index is 1.98. The van der Waals surface area contributed by atoms with E-state index in [4.69, 9.17) is 9.47 Å². The molecule has 0 bridgehead atoms. The van der Waals surface area contributed by atoms with Gasteiger partial charge in [-0.05, 0) is 49.4 Å². The molecular formula is C23H23BrN2O5S. The van der Waals surface area contributed by atoms with Crippen LogP contribution in [-0.2, 0) is 14.8 Å². The van der Waals surface area contributed by atoms with Crippen LogP contribution < -0.4 is 19.1 Å². The third kappa shape index (κ3) is 5.41. The van der Waals surface area contributed by atoms with E-state index in [0.29, 0.717) is 17.1 Å². The van der Waals surface area contributed by atoms with Gasteiger partial charge in [-0.2, -0.15) is 0 Å². The smallest absolute Gasteiger partial charge is 0.264 e. The van der Waals surface area contributed by atoms with Crippen molar-refractivity contribution in [2.45, 2.75) is 11.8 Å². The first-order valence-corrected chi connectivity index (χ1v) is 11.8. The van der Waals surface area contributed by atoms with E-state index in [9.17, 15) is 13.2 Å². The maximum absolute atomic E-state index is 13.6. The van der Waals surface area contributed by atoms with Crippen molar-refractivity contribution in [2.24, 2.45) is 0 Å². The van der Waals surface area contributed by atoms with Crippen LogP contribution in [0.1, 0.15) is 5.56 Å². The van der Waals surface area contributed by atoms with E-state index < -0.39 is 22.5 Å². The zero-order valence-corrected chi connectivity index (χ0v) is 20.2. The van der Waals surface area contributed by atoms with Gasteiger partial charge in [-0.1, -0.05) is 39.7 Å². The lowest BCUT2D eigenvalue weighted by Crippen LogP contribution is -2.38. The molecule has 0 atom stereocenters. The van der Waals surface area contributed by atoms with Gasteiger partial charge >= 0.3 is 0 Å². The fourth-order valence-electron chi connectivity index (χ4n) is 3.03. The maximum Gasteiger partial charge on any atom is 0.264 e. The molecule has 1 N–H and O–H groups in total. The van der Waals surface area contributed by atoms with Gasteiger partial charge in [0, 0.05) is 16.2 Å². The van der Waals surface area contributed by atoms with E-state index in [1.165, 1.54) is 32.4 Å². The summed E-state index contributed by atoms with van der Waals surface area (Å²) in [6, 6.07) is 18.3. The molecule has 0 radical (unpaired) electrons. The Bertz CT molecular complexity index is 1210. The van der Waals surface area contributed by atoms with Crippen molar-refractivity contribution in [1.29, 1.82) is 0 Å². The summed E-state index contributed by atoms with van der Waals surface area (Å²) in [5, 5.41) is 2.74. The van der Waals surface area contributed by atoms with Gasteiger partial charge in [0.2, 0.25) is 5.91 Å². The molecule has 0 saturated heterocycles. The molecule has 0 spiro atoms. The number of carbonyl (C=O) groups excluding carboxylic acids is 1. The first kappa shape index (κ1) is 23.6. The third-order valence-corrected chi connectivity index (χ3v) is 6.92. The number of methoxy groups -OCH3 is 2. The van der Waals surface area contributed by atoms with E-state index in [1.807, 2.05) is 13.0 Å². The number of hydrogen-bond donors (Lipinski definition) is 1. The predicted molar refractivity (Wildman–Crippen MR) is 128 cm³/mol. The molecule has 0 aliphatic rings. The summed E-state index contributed by atoms with van der Waals surface area (Å²) in [6.45, 7) is 1.49. The second-order valence-corrected chi connectivity index (χ2v) is 9.70. The molecule has 3 rings (SSSR count). The highest BCUT2D eigenvalue weighted by Gasteiger charge is 2.28. The number of rotatable bonds is 8. The highest BCUT2D eigenvalue weighted by molar-refractivity contribution is 9.10. The molecular weight excluding hydrogens is 496 g/mol. The quantitative estimate of drug-likeness (QED) is 0.470. The van der Waals surface area contributed by atoms with Crippen LogP contribution in [-0.4, -0.2) is 35.1 Å². The monoisotopic (exact) mass is 518 g/mol. The number of benzene rings is 3. The number of carbonyl (C=O) groups is 1. The second kappa shape index (κ2) is 10.1. The lowest BCUT2D eigenvalue weighted by atomic mass is 10.2. The third-order valence-electron chi connectivity index (χ3n) is 4.66. The summed E-state index contributed by atoms with van der Waals surface area (Å²) >= 11 is 3.35. The predicted octanol–water partition coefficient (Wildman–Crippen LogP) is 4.61. The largest absolute Gasteiger partial charge is 0.493 e. The summed E-state index contributed by atoms with van der Waals surface area (Å²) in [6.07, 6.45) is 0. The number of anilines is 2. The highest BCUT2D eigenvalue weighted by atomic mass is 79.9. The average Bonchev–Trinajstić information content (AvgIpc) is 2.77. The Labute approximate surface area is 196 Å². The molecule has 0 aliphatic carbocycles. The minimum absolute atomic E-state index is 0.0222. The standard InChI is InChI=1S/C23H23BrN2O5S/c1-16-7-9-19(10-8-16)26(15-23(27)25-18-6-4-5-17(24)13-18)32(28,29)20-11-12-21(30-2)22(14-20)31-3/h4-14H,15H2,1-3H3,(H,25,27). The van der Waals surface area contributed by atoms with Crippen molar-refractivity contribution in [3.05, 3.63) is 76.8 Å². The molecule has 1 amide bonds. The van der Waals surface area contributed by atoms with E-state index in [-0.39, 0.29) is 10.6 Å². The van der Waals surface area contributed by atoms with Gasteiger partial charge in [-0.25, -0.2) is 8.42 Å². The van der Waals surface area contributed by atoms with Gasteiger partial charge in [0.05, 0.1) is 24.8 Å². The van der Waals surface area contributed by atoms with Crippen LogP contribution in [0.15, 0.2) is 76.1 Å². The maximum atomic E-state index is 13.6. The molecule has 9 heteroatoms. The van der Waals surface area contributed by atoms with Crippen LogP contribution in [0.2, 0.25) is 0 Å². The Hall–Kier alpha value is -3.04. The van der Waals surface area contributed by atoms with Crippen molar-refractivity contribution < 1.29 is 22.7 Å². The summed E-state index contributed by atoms with van der Waals surface area (Å²) in [5.41, 5.74) is 1.89. The lowest BCUT2D eigenvalue weighted by molar-refractivity contribution is -0.114. The fraction of sp³-hybridized carbons (Fsp3) is 0.174. The molecule has 0 heterocycles. The van der Waals surface area contributed by atoms with Gasteiger partial charge < -0.3 is 14.8 Å². The second-order valence-electron chi connectivity index (χ2n) is 6.92. The lowest BCUT2D eigenvalue weighted by Gasteiger charge is -2.24. The Morgan fingerprint density at radius 1 is 0.969 bits per heavy atom. The summed E-state index contributed by atoms with van der Waals surface area (Å²) in [7, 11) is -1.20. The number of aryl methyl sites for hydroxylation is 1. The molecule has 0 saturated carbocycles. The van der Waals surface area contributed by atoms with Gasteiger partial charge in [0.1, 0.15) is 6.54 Å². The zero-order chi connectivity index (χ0) is 23.3. The van der Waals surface area contributed by atoms with Gasteiger partial charge in [0.25, 0.3) is 10.0 Å². The topological polar surface area (TPSA) is 84.9 Å². The van der Waals surface area contributed by atoms with Crippen molar-refractivity contribution in [3.8, 4) is 11.5 Å². The number of halogens is 1. The van der Waals surface area contributed by atoms with Crippen LogP contribution in [0.25, 0.3) is 0 Å². The molecule has 32 heavy (non-hydrogen) atoms. The number of amides is 1. The van der Waals surface area contributed by atoms with Crippen molar-refractivity contribution in [3.63, 3.8) is 0 Å². The molecule has 3 aromatic carbocycles. The first-order valence-electron chi connectivity index (χ1n) is 9.61. The number of nitrogens with zero attached hydrogens (tertiary/aromatic N) is 1. The summed E-state index contributed by atoms with van der Waals surface area (Å²) in [4.78, 5) is 12.8.